The predicted molar refractivity (Wildman–Crippen MR) is 129 cm³/mol. The normalized spacial score (nSPS) is 18.2. The molecular weight excluding hydrogens is 455 g/mol. The van der Waals surface area contributed by atoms with E-state index in [1.807, 2.05) is 24.4 Å². The van der Waals surface area contributed by atoms with Crippen LogP contribution in [0, 0.1) is 5.82 Å². The minimum atomic E-state index is -0.540. The highest BCUT2D eigenvalue weighted by Crippen LogP contribution is 2.42. The number of piperidine rings is 1. The van der Waals surface area contributed by atoms with E-state index < -0.39 is 11.9 Å². The van der Waals surface area contributed by atoms with E-state index in [0.29, 0.717) is 16.1 Å². The summed E-state index contributed by atoms with van der Waals surface area (Å²) in [6.07, 6.45) is 5.34. The van der Waals surface area contributed by atoms with Crippen LogP contribution in [-0.4, -0.2) is 39.6 Å². The van der Waals surface area contributed by atoms with E-state index in [4.69, 9.17) is 11.6 Å². The third-order valence-corrected chi connectivity index (χ3v) is 6.91. The molecule has 34 heavy (non-hydrogen) atoms. The van der Waals surface area contributed by atoms with Crippen LogP contribution >= 0.6 is 11.6 Å². The number of aromatic nitrogens is 3. The van der Waals surface area contributed by atoms with Crippen LogP contribution in [-0.2, 0) is 0 Å². The molecule has 1 amide bonds. The Morgan fingerprint density at radius 2 is 1.94 bits per heavy atom. The Morgan fingerprint density at radius 3 is 2.79 bits per heavy atom. The fraction of sp³-hybridized carbons (Fsp3) is 0.240. The number of carbonyl (C=O) groups is 1. The zero-order valence-electron chi connectivity index (χ0n) is 18.2. The summed E-state index contributed by atoms with van der Waals surface area (Å²) in [6.45, 7) is 1.86. The summed E-state index contributed by atoms with van der Waals surface area (Å²) in [7, 11) is 0. The van der Waals surface area contributed by atoms with Gasteiger partial charge in [-0.2, -0.15) is 5.10 Å². The van der Waals surface area contributed by atoms with Crippen molar-refractivity contribution in [3.63, 3.8) is 0 Å². The molecule has 1 fully saturated rings. The average Bonchev–Trinajstić information content (AvgIpc) is 3.45. The number of nitrogens with one attached hydrogen (secondary N) is 3. The smallest absolute Gasteiger partial charge is 0.252 e. The fourth-order valence-electron chi connectivity index (χ4n) is 4.86. The van der Waals surface area contributed by atoms with Gasteiger partial charge in [0.25, 0.3) is 5.91 Å². The Balaban J connectivity index is 1.50. The van der Waals surface area contributed by atoms with Crippen molar-refractivity contribution in [2.24, 2.45) is 0 Å². The molecule has 2 aliphatic heterocycles. The molecule has 0 saturated carbocycles. The van der Waals surface area contributed by atoms with Crippen molar-refractivity contribution >= 4 is 28.8 Å². The maximum atomic E-state index is 14.1. The van der Waals surface area contributed by atoms with Crippen LogP contribution in [0.3, 0.4) is 0 Å². The molecule has 4 heterocycles. The van der Waals surface area contributed by atoms with Crippen LogP contribution in [0.1, 0.15) is 40.4 Å². The van der Waals surface area contributed by atoms with Crippen LogP contribution < -0.4 is 16.0 Å². The number of amides is 1. The molecule has 1 atom stereocenters. The zero-order chi connectivity index (χ0) is 23.2. The predicted octanol–water partition coefficient (Wildman–Crippen LogP) is 4.19. The summed E-state index contributed by atoms with van der Waals surface area (Å²) >= 11 is 6.44. The van der Waals surface area contributed by atoms with Gasteiger partial charge in [-0.25, -0.2) is 13.9 Å². The number of nitrogens with zero attached hydrogens (tertiary/aromatic N) is 3. The highest BCUT2D eigenvalue weighted by molar-refractivity contribution is 6.31. The van der Waals surface area contributed by atoms with E-state index in [9.17, 15) is 9.18 Å². The Morgan fingerprint density at radius 1 is 1.09 bits per heavy atom. The first-order chi connectivity index (χ1) is 16.6. The largest absolute Gasteiger partial charge is 0.382 e. The second-order valence-electron chi connectivity index (χ2n) is 8.71. The second-order valence-corrected chi connectivity index (χ2v) is 9.11. The van der Waals surface area contributed by atoms with E-state index in [2.05, 4.69) is 32.1 Å². The van der Waals surface area contributed by atoms with Crippen molar-refractivity contribution in [2.45, 2.75) is 24.9 Å². The lowest BCUT2D eigenvalue weighted by Crippen LogP contribution is -2.35. The van der Waals surface area contributed by atoms with Crippen molar-refractivity contribution in [1.82, 2.24) is 25.2 Å². The van der Waals surface area contributed by atoms with E-state index in [1.54, 1.807) is 4.52 Å². The van der Waals surface area contributed by atoms with Gasteiger partial charge in [0.2, 0.25) is 0 Å². The van der Waals surface area contributed by atoms with Crippen molar-refractivity contribution in [3.05, 3.63) is 82.5 Å². The van der Waals surface area contributed by atoms with Crippen LogP contribution in [0.15, 0.2) is 55.0 Å². The van der Waals surface area contributed by atoms with Crippen molar-refractivity contribution < 1.29 is 9.18 Å². The van der Waals surface area contributed by atoms with E-state index in [1.165, 1.54) is 24.5 Å². The Hall–Kier alpha value is -3.49. The van der Waals surface area contributed by atoms with Gasteiger partial charge in [0.15, 0.2) is 5.65 Å². The van der Waals surface area contributed by atoms with Gasteiger partial charge in [-0.1, -0.05) is 11.6 Å². The summed E-state index contributed by atoms with van der Waals surface area (Å²) in [5.41, 5.74) is 5.28. The highest BCUT2D eigenvalue weighted by atomic mass is 35.5. The summed E-state index contributed by atoms with van der Waals surface area (Å²) in [4.78, 5) is 17.3. The summed E-state index contributed by atoms with van der Waals surface area (Å²) in [5.74, 6) is -0.606. The molecule has 2 aromatic heterocycles. The van der Waals surface area contributed by atoms with Crippen molar-refractivity contribution in [1.29, 1.82) is 0 Å². The van der Waals surface area contributed by atoms with Crippen molar-refractivity contribution in [3.8, 4) is 11.1 Å². The molecule has 2 aromatic carbocycles. The molecule has 0 spiro atoms. The standard InChI is InChI=1S/C25H22ClFN6O/c26-20-3-2-16(27)11-18(20)24-23-19(25(34)32-24)9-15(10-21(23)31-17-5-7-28-8-6-17)14-1-4-22-29-13-30-33(22)12-14/h1-4,9-13,17,24,28,31H,5-8H2,(H,32,34). The fourth-order valence-corrected chi connectivity index (χ4v) is 5.09. The van der Waals surface area contributed by atoms with Gasteiger partial charge >= 0.3 is 0 Å². The lowest BCUT2D eigenvalue weighted by molar-refractivity contribution is 0.0960. The van der Waals surface area contributed by atoms with Crippen LogP contribution in [0.2, 0.25) is 5.02 Å². The first-order valence-electron chi connectivity index (χ1n) is 11.3. The number of benzene rings is 2. The van der Waals surface area contributed by atoms with Gasteiger partial charge < -0.3 is 16.0 Å². The van der Waals surface area contributed by atoms with Gasteiger partial charge in [-0.15, -0.1) is 0 Å². The third-order valence-electron chi connectivity index (χ3n) is 6.56. The molecular formula is C25H22ClFN6O. The Labute approximate surface area is 200 Å². The lowest BCUT2D eigenvalue weighted by atomic mass is 9.92. The first-order valence-corrected chi connectivity index (χ1v) is 11.7. The van der Waals surface area contributed by atoms with Crippen LogP contribution in [0.4, 0.5) is 10.1 Å². The monoisotopic (exact) mass is 476 g/mol. The number of rotatable bonds is 4. The van der Waals surface area contributed by atoms with E-state index in [0.717, 1.165) is 54.0 Å². The Kier molecular flexibility index (Phi) is 5.19. The van der Waals surface area contributed by atoms with Gasteiger partial charge in [-0.3, -0.25) is 4.79 Å². The molecule has 2 aliphatic rings. The molecule has 172 valence electrons. The summed E-state index contributed by atoms with van der Waals surface area (Å²) < 4.78 is 15.8. The third kappa shape index (κ3) is 3.69. The number of hydrogen-bond donors (Lipinski definition) is 3. The number of pyridine rings is 1. The SMILES string of the molecule is O=C1NC(c2cc(F)ccc2Cl)c2c(NC3CCNCC3)cc(-c3ccc4ncnn4c3)cc21. The topological polar surface area (TPSA) is 83.4 Å². The number of carbonyl (C=O) groups excluding carboxylic acids is 1. The Bertz CT molecular complexity index is 1410. The van der Waals surface area contributed by atoms with Crippen LogP contribution in [0.5, 0.6) is 0 Å². The molecule has 7 nitrogen and oxygen atoms in total. The zero-order valence-corrected chi connectivity index (χ0v) is 18.9. The van der Waals surface area contributed by atoms with Crippen LogP contribution in [0.25, 0.3) is 16.8 Å². The first kappa shape index (κ1) is 21.1. The number of anilines is 1. The molecule has 1 saturated heterocycles. The summed E-state index contributed by atoms with van der Waals surface area (Å²) in [5, 5.41) is 14.7. The van der Waals surface area contributed by atoms with Crippen molar-refractivity contribution in [2.75, 3.05) is 18.4 Å². The van der Waals surface area contributed by atoms with Gasteiger partial charge in [0.05, 0.1) is 6.04 Å². The maximum absolute atomic E-state index is 14.1. The number of halogens is 2. The maximum Gasteiger partial charge on any atom is 0.252 e. The van der Waals surface area contributed by atoms with E-state index >= 15 is 0 Å². The molecule has 0 radical (unpaired) electrons. The molecule has 3 N–H and O–H groups in total. The number of fused-ring (bicyclic) bond motifs is 2. The summed E-state index contributed by atoms with van der Waals surface area (Å²) in [6, 6.07) is 11.8. The lowest BCUT2D eigenvalue weighted by Gasteiger charge is -2.27. The number of hydrogen-bond acceptors (Lipinski definition) is 5. The molecule has 4 aromatic rings. The van der Waals surface area contributed by atoms with E-state index in [-0.39, 0.29) is 11.9 Å². The van der Waals surface area contributed by atoms with Gasteiger partial charge in [-0.05, 0) is 74.0 Å². The van der Waals surface area contributed by atoms with Gasteiger partial charge in [0, 0.05) is 45.2 Å². The minimum absolute atomic E-state index is 0.211. The minimum Gasteiger partial charge on any atom is -0.382 e. The van der Waals surface area contributed by atoms with Gasteiger partial charge in [0.1, 0.15) is 12.1 Å². The second kappa shape index (κ2) is 8.38. The quantitative estimate of drug-likeness (QED) is 0.411. The molecule has 6 rings (SSSR count). The molecule has 9 heteroatoms. The average molecular weight is 477 g/mol. The molecule has 0 aliphatic carbocycles. The highest BCUT2D eigenvalue weighted by Gasteiger charge is 2.35. The molecule has 1 unspecified atom stereocenters. The molecule has 0 bridgehead atoms.